The van der Waals surface area contributed by atoms with Gasteiger partial charge in [-0.2, -0.15) is 5.26 Å². The molecular weight excluding hydrogens is 180 g/mol. The second-order valence-electron chi connectivity index (χ2n) is 3.43. The van der Waals surface area contributed by atoms with E-state index in [9.17, 15) is 4.79 Å². The van der Waals surface area contributed by atoms with Crippen molar-refractivity contribution in [3.05, 3.63) is 29.6 Å². The topological polar surface area (TPSA) is 74.0 Å². The van der Waals surface area contributed by atoms with E-state index in [1.54, 1.807) is 6.07 Å². The first kappa shape index (κ1) is 8.70. The van der Waals surface area contributed by atoms with Gasteiger partial charge in [-0.1, -0.05) is 6.07 Å². The van der Waals surface area contributed by atoms with E-state index in [0.29, 0.717) is 0 Å². The lowest BCUT2D eigenvalue weighted by Crippen LogP contribution is -2.06. The molecule has 1 fully saturated rings. The highest BCUT2D eigenvalue weighted by atomic mass is 16.4. The molecule has 1 aliphatic rings. The van der Waals surface area contributed by atoms with Gasteiger partial charge in [0.05, 0.1) is 11.5 Å². The highest BCUT2D eigenvalue weighted by Crippen LogP contribution is 2.47. The number of nitriles is 1. The number of aromatic carboxylic acids is 1. The average Bonchev–Trinajstić information content (AvgIpc) is 2.99. The van der Waals surface area contributed by atoms with Crippen LogP contribution in [0.3, 0.4) is 0 Å². The van der Waals surface area contributed by atoms with E-state index in [0.717, 1.165) is 18.4 Å². The third kappa shape index (κ3) is 1.23. The van der Waals surface area contributed by atoms with E-state index in [-0.39, 0.29) is 11.1 Å². The smallest absolute Gasteiger partial charge is 0.354 e. The molecule has 0 radical (unpaired) electrons. The van der Waals surface area contributed by atoms with Gasteiger partial charge in [-0.25, -0.2) is 9.78 Å². The van der Waals surface area contributed by atoms with E-state index in [1.165, 1.54) is 12.3 Å². The van der Waals surface area contributed by atoms with Crippen molar-refractivity contribution in [2.24, 2.45) is 0 Å². The lowest BCUT2D eigenvalue weighted by atomic mass is 10.00. The predicted molar refractivity (Wildman–Crippen MR) is 47.7 cm³/mol. The van der Waals surface area contributed by atoms with Gasteiger partial charge < -0.3 is 5.11 Å². The molecule has 1 aromatic heterocycles. The first-order valence-corrected chi connectivity index (χ1v) is 4.29. The maximum Gasteiger partial charge on any atom is 0.354 e. The largest absolute Gasteiger partial charge is 0.477 e. The van der Waals surface area contributed by atoms with E-state index in [1.807, 2.05) is 0 Å². The van der Waals surface area contributed by atoms with Crippen molar-refractivity contribution < 1.29 is 9.90 Å². The number of carboxylic acid groups (broad SMARTS) is 1. The molecule has 1 N–H and O–H groups in total. The molecule has 14 heavy (non-hydrogen) atoms. The van der Waals surface area contributed by atoms with Gasteiger partial charge in [0.15, 0.2) is 0 Å². The van der Waals surface area contributed by atoms with Gasteiger partial charge in [0.1, 0.15) is 5.69 Å². The van der Waals surface area contributed by atoms with Crippen molar-refractivity contribution in [3.63, 3.8) is 0 Å². The van der Waals surface area contributed by atoms with Gasteiger partial charge in [-0.3, -0.25) is 0 Å². The van der Waals surface area contributed by atoms with Crippen LogP contribution in [0.15, 0.2) is 18.3 Å². The van der Waals surface area contributed by atoms with Crippen molar-refractivity contribution in [2.45, 2.75) is 18.3 Å². The summed E-state index contributed by atoms with van der Waals surface area (Å²) in [5, 5.41) is 17.5. The summed E-state index contributed by atoms with van der Waals surface area (Å²) in [6.07, 6.45) is 3.18. The third-order valence-corrected chi connectivity index (χ3v) is 2.50. The molecule has 0 amide bonds. The van der Waals surface area contributed by atoms with Gasteiger partial charge in [0.25, 0.3) is 0 Å². The highest BCUT2D eigenvalue weighted by Gasteiger charge is 2.45. The SMILES string of the molecule is N#CC1(c2ccc(C(=O)O)nc2)CC1. The molecule has 1 aliphatic carbocycles. The second-order valence-corrected chi connectivity index (χ2v) is 3.43. The van der Waals surface area contributed by atoms with Crippen molar-refractivity contribution in [1.29, 1.82) is 5.26 Å². The van der Waals surface area contributed by atoms with Crippen LogP contribution in [0.1, 0.15) is 28.9 Å². The minimum Gasteiger partial charge on any atom is -0.477 e. The Labute approximate surface area is 80.8 Å². The number of hydrogen-bond donors (Lipinski definition) is 1. The molecule has 4 heteroatoms. The summed E-state index contributed by atoms with van der Waals surface area (Å²) in [6, 6.07) is 5.34. The maximum absolute atomic E-state index is 10.5. The molecule has 1 aromatic rings. The summed E-state index contributed by atoms with van der Waals surface area (Å²) in [5.74, 6) is -1.04. The van der Waals surface area contributed by atoms with Crippen LogP contribution in [-0.4, -0.2) is 16.1 Å². The van der Waals surface area contributed by atoms with E-state index >= 15 is 0 Å². The van der Waals surface area contributed by atoms with Gasteiger partial charge in [-0.15, -0.1) is 0 Å². The van der Waals surface area contributed by atoms with Crippen LogP contribution in [0, 0.1) is 11.3 Å². The lowest BCUT2D eigenvalue weighted by molar-refractivity contribution is 0.0690. The van der Waals surface area contributed by atoms with Crippen molar-refractivity contribution in [3.8, 4) is 6.07 Å². The average molecular weight is 188 g/mol. The van der Waals surface area contributed by atoms with E-state index < -0.39 is 5.97 Å². The zero-order valence-electron chi connectivity index (χ0n) is 7.40. The molecule has 0 aliphatic heterocycles. The van der Waals surface area contributed by atoms with Gasteiger partial charge in [-0.05, 0) is 24.5 Å². The monoisotopic (exact) mass is 188 g/mol. The Morgan fingerprint density at radius 1 is 1.57 bits per heavy atom. The van der Waals surface area contributed by atoms with Crippen LogP contribution in [0.25, 0.3) is 0 Å². The standard InChI is InChI=1S/C10H8N2O2/c11-6-10(3-4-10)7-1-2-8(9(13)14)12-5-7/h1-2,5H,3-4H2,(H,13,14). The highest BCUT2D eigenvalue weighted by molar-refractivity contribution is 5.85. The maximum atomic E-state index is 10.5. The third-order valence-electron chi connectivity index (χ3n) is 2.50. The molecule has 1 heterocycles. The molecule has 0 bridgehead atoms. The summed E-state index contributed by atoms with van der Waals surface area (Å²) in [4.78, 5) is 14.3. The minimum absolute atomic E-state index is 0.0162. The Morgan fingerprint density at radius 2 is 2.29 bits per heavy atom. The Bertz CT molecular complexity index is 413. The van der Waals surface area contributed by atoms with E-state index in [2.05, 4.69) is 11.1 Å². The predicted octanol–water partition coefficient (Wildman–Crippen LogP) is 1.33. The fourth-order valence-electron chi connectivity index (χ4n) is 1.39. The van der Waals surface area contributed by atoms with Crippen LogP contribution in [-0.2, 0) is 5.41 Å². The first-order valence-electron chi connectivity index (χ1n) is 4.29. The van der Waals surface area contributed by atoms with Crippen LogP contribution in [0.4, 0.5) is 0 Å². The Morgan fingerprint density at radius 3 is 2.64 bits per heavy atom. The number of rotatable bonds is 2. The summed E-state index contributed by atoms with van der Waals surface area (Å²) in [6.45, 7) is 0. The Balaban J connectivity index is 2.32. The molecule has 4 nitrogen and oxygen atoms in total. The Hall–Kier alpha value is -1.89. The summed E-state index contributed by atoms with van der Waals surface area (Å²) in [7, 11) is 0. The van der Waals surface area contributed by atoms with Gasteiger partial charge in [0, 0.05) is 6.20 Å². The molecule has 2 rings (SSSR count). The molecule has 0 saturated heterocycles. The van der Waals surface area contributed by atoms with Crippen LogP contribution in [0.5, 0.6) is 0 Å². The van der Waals surface area contributed by atoms with Crippen molar-refractivity contribution in [1.82, 2.24) is 4.98 Å². The fraction of sp³-hybridized carbons (Fsp3) is 0.300. The molecule has 0 unspecified atom stereocenters. The summed E-state index contributed by atoms with van der Waals surface area (Å²) < 4.78 is 0. The summed E-state index contributed by atoms with van der Waals surface area (Å²) in [5.41, 5.74) is 0.455. The molecule has 1 saturated carbocycles. The van der Waals surface area contributed by atoms with Crippen molar-refractivity contribution >= 4 is 5.97 Å². The number of hydrogen-bond acceptors (Lipinski definition) is 3. The van der Waals surface area contributed by atoms with Crippen LogP contribution in [0.2, 0.25) is 0 Å². The zero-order chi connectivity index (χ0) is 10.2. The lowest BCUT2D eigenvalue weighted by Gasteiger charge is -2.04. The fourth-order valence-corrected chi connectivity index (χ4v) is 1.39. The molecule has 0 atom stereocenters. The number of carbonyl (C=O) groups is 1. The molecule has 0 aromatic carbocycles. The van der Waals surface area contributed by atoms with E-state index in [4.69, 9.17) is 10.4 Å². The number of aromatic nitrogens is 1. The quantitative estimate of drug-likeness (QED) is 0.759. The number of pyridine rings is 1. The normalized spacial score (nSPS) is 17.1. The molecule has 70 valence electrons. The molecular formula is C10H8N2O2. The number of carboxylic acids is 1. The summed E-state index contributed by atoms with van der Waals surface area (Å²) >= 11 is 0. The van der Waals surface area contributed by atoms with Crippen LogP contribution < -0.4 is 0 Å². The minimum atomic E-state index is -1.04. The van der Waals surface area contributed by atoms with Gasteiger partial charge >= 0.3 is 5.97 Å². The van der Waals surface area contributed by atoms with Crippen molar-refractivity contribution in [2.75, 3.05) is 0 Å². The van der Waals surface area contributed by atoms with Gasteiger partial charge in [0.2, 0.25) is 0 Å². The van der Waals surface area contributed by atoms with Crippen LogP contribution >= 0.6 is 0 Å². The molecule has 0 spiro atoms. The number of nitrogens with zero attached hydrogens (tertiary/aromatic N) is 2. The zero-order valence-corrected chi connectivity index (χ0v) is 7.40. The second kappa shape index (κ2) is 2.81. The Kier molecular flexibility index (Phi) is 1.74. The first-order chi connectivity index (χ1) is 6.68.